The lowest BCUT2D eigenvalue weighted by Crippen LogP contribution is -2.32. The zero-order valence-electron chi connectivity index (χ0n) is 15.6. The number of carbonyl (C=O) groups excluding carboxylic acids is 2. The second-order valence-corrected chi connectivity index (χ2v) is 6.07. The van der Waals surface area contributed by atoms with E-state index in [9.17, 15) is 19.7 Å². The predicted molar refractivity (Wildman–Crippen MR) is 102 cm³/mol. The maximum atomic E-state index is 12.0. The Hall–Kier alpha value is -3.62. The summed E-state index contributed by atoms with van der Waals surface area (Å²) >= 11 is 0. The molecule has 0 aliphatic heterocycles. The van der Waals surface area contributed by atoms with Gasteiger partial charge in [-0.2, -0.15) is 0 Å². The van der Waals surface area contributed by atoms with Gasteiger partial charge in [0.25, 0.3) is 11.6 Å². The van der Waals surface area contributed by atoms with E-state index in [1.165, 1.54) is 6.07 Å². The number of nitro benzene ring substituents is 1. The van der Waals surface area contributed by atoms with Crippen LogP contribution >= 0.6 is 0 Å². The lowest BCUT2D eigenvalue weighted by molar-refractivity contribution is -0.384. The molecule has 0 aliphatic rings. The summed E-state index contributed by atoms with van der Waals surface area (Å²) in [6, 6.07) is 9.17. The molecule has 0 atom stereocenters. The first-order chi connectivity index (χ1) is 13.3. The van der Waals surface area contributed by atoms with E-state index in [1.54, 1.807) is 0 Å². The van der Waals surface area contributed by atoms with Gasteiger partial charge in [-0.05, 0) is 31.5 Å². The number of carbonyl (C=O) groups is 2. The minimum Gasteiger partial charge on any atom is -0.491 e. The van der Waals surface area contributed by atoms with Crippen LogP contribution in [0.1, 0.15) is 21.5 Å². The summed E-state index contributed by atoms with van der Waals surface area (Å²) in [6.45, 7) is 3.92. The van der Waals surface area contributed by atoms with E-state index in [-0.39, 0.29) is 30.1 Å². The Balaban J connectivity index is 1.74. The molecule has 0 fully saturated rings. The average Bonchev–Trinajstić information content (AvgIpc) is 2.64. The maximum absolute atomic E-state index is 12.0. The van der Waals surface area contributed by atoms with Gasteiger partial charge < -0.3 is 20.5 Å². The zero-order valence-corrected chi connectivity index (χ0v) is 15.6. The Kier molecular flexibility index (Phi) is 6.91. The topological polar surface area (TPSA) is 134 Å². The molecule has 148 valence electrons. The van der Waals surface area contributed by atoms with Crippen LogP contribution in [-0.2, 0) is 9.53 Å². The van der Waals surface area contributed by atoms with Crippen LogP contribution in [0.25, 0.3) is 0 Å². The minimum atomic E-state index is -0.839. The van der Waals surface area contributed by atoms with Crippen LogP contribution in [0.2, 0.25) is 0 Å². The fourth-order valence-corrected chi connectivity index (χ4v) is 2.42. The number of nitrogens with one attached hydrogen (secondary N) is 1. The van der Waals surface area contributed by atoms with Gasteiger partial charge >= 0.3 is 5.97 Å². The third kappa shape index (κ3) is 5.70. The highest BCUT2D eigenvalue weighted by atomic mass is 16.6. The third-order valence-electron chi connectivity index (χ3n) is 3.81. The largest absolute Gasteiger partial charge is 0.491 e. The molecule has 2 aromatic carbocycles. The number of hydrogen-bond donors (Lipinski definition) is 2. The summed E-state index contributed by atoms with van der Waals surface area (Å²) in [4.78, 5) is 33.8. The quantitative estimate of drug-likeness (QED) is 0.233. The van der Waals surface area contributed by atoms with Crippen molar-refractivity contribution in [3.05, 3.63) is 63.2 Å². The highest BCUT2D eigenvalue weighted by molar-refractivity contribution is 5.96. The van der Waals surface area contributed by atoms with Gasteiger partial charge in [0.15, 0.2) is 6.61 Å². The van der Waals surface area contributed by atoms with Gasteiger partial charge in [-0.1, -0.05) is 17.7 Å². The first kappa shape index (κ1) is 20.7. The summed E-state index contributed by atoms with van der Waals surface area (Å²) in [5, 5.41) is 13.2. The van der Waals surface area contributed by atoms with Crippen LogP contribution in [0.4, 0.5) is 11.4 Å². The van der Waals surface area contributed by atoms with Gasteiger partial charge in [-0.3, -0.25) is 14.9 Å². The minimum absolute atomic E-state index is 0.0448. The van der Waals surface area contributed by atoms with Gasteiger partial charge in [-0.15, -0.1) is 0 Å². The van der Waals surface area contributed by atoms with Gasteiger partial charge in [-0.25, -0.2) is 4.79 Å². The maximum Gasteiger partial charge on any atom is 0.340 e. The summed E-state index contributed by atoms with van der Waals surface area (Å²) < 4.78 is 10.5. The second kappa shape index (κ2) is 9.36. The summed E-state index contributed by atoms with van der Waals surface area (Å²) in [6.07, 6.45) is 0. The lowest BCUT2D eigenvalue weighted by atomic mass is 10.1. The normalized spacial score (nSPS) is 10.2. The molecular weight excluding hydrogens is 366 g/mol. The van der Waals surface area contributed by atoms with E-state index in [4.69, 9.17) is 15.2 Å². The van der Waals surface area contributed by atoms with Crippen LogP contribution in [0.3, 0.4) is 0 Å². The molecule has 0 spiro atoms. The molecular formula is C19H21N3O6. The van der Waals surface area contributed by atoms with Crippen molar-refractivity contribution in [2.75, 3.05) is 25.5 Å². The van der Waals surface area contributed by atoms with Crippen molar-refractivity contribution in [1.82, 2.24) is 5.32 Å². The number of nitrogens with zero attached hydrogens (tertiary/aromatic N) is 1. The number of ether oxygens (including phenoxy) is 2. The van der Waals surface area contributed by atoms with Crippen LogP contribution in [0, 0.1) is 24.0 Å². The van der Waals surface area contributed by atoms with Gasteiger partial charge in [0.2, 0.25) is 0 Å². The van der Waals surface area contributed by atoms with E-state index in [1.807, 2.05) is 32.0 Å². The molecule has 3 N–H and O–H groups in total. The van der Waals surface area contributed by atoms with Crippen molar-refractivity contribution >= 4 is 23.3 Å². The molecule has 0 saturated carbocycles. The number of esters is 1. The fourth-order valence-electron chi connectivity index (χ4n) is 2.42. The number of rotatable bonds is 8. The molecule has 0 heterocycles. The molecule has 0 aromatic heterocycles. The molecule has 2 aromatic rings. The average molecular weight is 387 g/mol. The van der Waals surface area contributed by atoms with E-state index < -0.39 is 23.4 Å². The van der Waals surface area contributed by atoms with E-state index in [0.717, 1.165) is 29.0 Å². The number of amides is 1. The van der Waals surface area contributed by atoms with Crippen molar-refractivity contribution in [3.8, 4) is 5.75 Å². The van der Waals surface area contributed by atoms with Gasteiger partial charge in [0.1, 0.15) is 12.4 Å². The third-order valence-corrected chi connectivity index (χ3v) is 3.81. The fraction of sp³-hybridized carbons (Fsp3) is 0.263. The molecule has 28 heavy (non-hydrogen) atoms. The molecule has 0 bridgehead atoms. The number of nitro groups is 1. The van der Waals surface area contributed by atoms with E-state index in [2.05, 4.69) is 5.32 Å². The molecule has 0 saturated heterocycles. The number of nitrogens with two attached hydrogens (primary N) is 1. The Morgan fingerprint density at radius 3 is 2.57 bits per heavy atom. The number of benzene rings is 2. The first-order valence-corrected chi connectivity index (χ1v) is 8.45. The SMILES string of the molecule is Cc1ccc(OCCNC(=O)COC(=O)c2ccc([N+](=O)[O-])cc2N)c(C)c1. The molecule has 9 heteroatoms. The number of aryl methyl sites for hydroxylation is 2. The van der Waals surface area contributed by atoms with Crippen molar-refractivity contribution in [2.45, 2.75) is 13.8 Å². The summed E-state index contributed by atoms with van der Waals surface area (Å²) in [5.74, 6) is -0.605. The summed E-state index contributed by atoms with van der Waals surface area (Å²) in [5.41, 5.74) is 7.37. The van der Waals surface area contributed by atoms with Crippen LogP contribution < -0.4 is 15.8 Å². The molecule has 0 radical (unpaired) electrons. The standard InChI is InChI=1S/C19H21N3O6/c1-12-3-6-17(13(2)9-12)27-8-7-21-18(23)11-28-19(24)15-5-4-14(22(25)26)10-16(15)20/h3-6,9-10H,7-8,11,20H2,1-2H3,(H,21,23). The number of hydrogen-bond acceptors (Lipinski definition) is 7. The first-order valence-electron chi connectivity index (χ1n) is 8.45. The Bertz CT molecular complexity index is 897. The summed E-state index contributed by atoms with van der Waals surface area (Å²) in [7, 11) is 0. The highest BCUT2D eigenvalue weighted by Crippen LogP contribution is 2.20. The number of non-ortho nitro benzene ring substituents is 1. The van der Waals surface area contributed by atoms with Crippen LogP contribution in [0.5, 0.6) is 5.75 Å². The van der Waals surface area contributed by atoms with Crippen molar-refractivity contribution in [1.29, 1.82) is 0 Å². The Morgan fingerprint density at radius 2 is 1.93 bits per heavy atom. The monoisotopic (exact) mass is 387 g/mol. The predicted octanol–water partition coefficient (Wildman–Crippen LogP) is 2.15. The van der Waals surface area contributed by atoms with Gasteiger partial charge in [0.05, 0.1) is 22.7 Å². The van der Waals surface area contributed by atoms with Crippen LogP contribution in [-0.4, -0.2) is 36.6 Å². The Morgan fingerprint density at radius 1 is 1.18 bits per heavy atom. The van der Waals surface area contributed by atoms with Gasteiger partial charge in [0, 0.05) is 12.1 Å². The molecule has 2 rings (SSSR count). The number of anilines is 1. The van der Waals surface area contributed by atoms with Crippen molar-refractivity contribution in [3.63, 3.8) is 0 Å². The molecule has 9 nitrogen and oxygen atoms in total. The van der Waals surface area contributed by atoms with Crippen LogP contribution in [0.15, 0.2) is 36.4 Å². The Labute approximate surface area is 161 Å². The smallest absolute Gasteiger partial charge is 0.340 e. The molecule has 0 unspecified atom stereocenters. The number of nitrogen functional groups attached to an aromatic ring is 1. The second-order valence-electron chi connectivity index (χ2n) is 6.07. The van der Waals surface area contributed by atoms with E-state index in [0.29, 0.717) is 0 Å². The van der Waals surface area contributed by atoms with E-state index >= 15 is 0 Å². The van der Waals surface area contributed by atoms with Crippen molar-refractivity contribution < 1.29 is 24.0 Å². The zero-order chi connectivity index (χ0) is 20.7. The highest BCUT2D eigenvalue weighted by Gasteiger charge is 2.16. The molecule has 1 amide bonds. The lowest BCUT2D eigenvalue weighted by Gasteiger charge is -2.11. The molecule has 0 aliphatic carbocycles. The van der Waals surface area contributed by atoms with Crippen molar-refractivity contribution in [2.24, 2.45) is 0 Å².